The van der Waals surface area contributed by atoms with Crippen LogP contribution in [0.3, 0.4) is 0 Å². The molecule has 0 bridgehead atoms. The first kappa shape index (κ1) is 17.1. The van der Waals surface area contributed by atoms with Crippen LogP contribution < -0.4 is 10.6 Å². The van der Waals surface area contributed by atoms with Gasteiger partial charge in [-0.2, -0.15) is 0 Å². The number of anilines is 1. The molecule has 2 rings (SSSR count). The van der Waals surface area contributed by atoms with Crippen molar-refractivity contribution in [2.75, 3.05) is 5.32 Å². The molecular weight excluding hydrogens is 363 g/mol. The van der Waals surface area contributed by atoms with Gasteiger partial charge in [0.25, 0.3) is 11.8 Å². The minimum Gasteiger partial charge on any atom is -0.350 e. The van der Waals surface area contributed by atoms with Gasteiger partial charge in [-0.05, 0) is 44.2 Å². The van der Waals surface area contributed by atoms with Crippen LogP contribution in [0.4, 0.5) is 10.1 Å². The summed E-state index contributed by atoms with van der Waals surface area (Å²) in [5.41, 5.74) is 0.567. The van der Waals surface area contributed by atoms with Crippen molar-refractivity contribution in [3.8, 4) is 0 Å². The number of nitrogens with one attached hydrogen (secondary N) is 2. The van der Waals surface area contributed by atoms with Crippen LogP contribution in [0.2, 0.25) is 0 Å². The highest BCUT2D eigenvalue weighted by atomic mass is 79.9. The van der Waals surface area contributed by atoms with Crippen molar-refractivity contribution in [1.82, 2.24) is 5.32 Å². The van der Waals surface area contributed by atoms with Crippen molar-refractivity contribution in [2.45, 2.75) is 19.9 Å². The standard InChI is InChI=1S/C17H16BrFN2O2/c1-10(2)20-17(23)13-5-3-4-6-15(13)21-16(22)12-8-7-11(18)9-14(12)19/h3-10H,1-2H3,(H,20,23)(H,21,22). The molecule has 0 aromatic heterocycles. The third kappa shape index (κ3) is 4.39. The molecule has 23 heavy (non-hydrogen) atoms. The number of amides is 2. The van der Waals surface area contributed by atoms with Crippen molar-refractivity contribution in [1.29, 1.82) is 0 Å². The van der Waals surface area contributed by atoms with E-state index < -0.39 is 11.7 Å². The molecule has 6 heteroatoms. The van der Waals surface area contributed by atoms with E-state index >= 15 is 0 Å². The van der Waals surface area contributed by atoms with Crippen LogP contribution in [0.1, 0.15) is 34.6 Å². The van der Waals surface area contributed by atoms with Crippen LogP contribution in [0.5, 0.6) is 0 Å². The fourth-order valence-corrected chi connectivity index (χ4v) is 2.33. The van der Waals surface area contributed by atoms with Crippen LogP contribution in [-0.4, -0.2) is 17.9 Å². The molecule has 0 saturated carbocycles. The molecule has 0 aliphatic heterocycles. The molecule has 0 saturated heterocycles. The Labute approximate surface area is 142 Å². The Morgan fingerprint density at radius 3 is 2.39 bits per heavy atom. The van der Waals surface area contributed by atoms with Crippen molar-refractivity contribution in [2.24, 2.45) is 0 Å². The number of carbonyl (C=O) groups excluding carboxylic acids is 2. The average molecular weight is 379 g/mol. The number of benzene rings is 2. The lowest BCUT2D eigenvalue weighted by Crippen LogP contribution is -2.31. The molecule has 0 fully saturated rings. The van der Waals surface area contributed by atoms with E-state index in [0.29, 0.717) is 15.7 Å². The number of para-hydroxylation sites is 1. The third-order valence-electron chi connectivity index (χ3n) is 3.02. The van der Waals surface area contributed by atoms with Gasteiger partial charge < -0.3 is 10.6 Å². The minimum atomic E-state index is -0.638. The number of carbonyl (C=O) groups is 2. The van der Waals surface area contributed by atoms with Gasteiger partial charge in [-0.25, -0.2) is 4.39 Å². The summed E-state index contributed by atoms with van der Waals surface area (Å²) in [5, 5.41) is 5.35. The number of halogens is 2. The lowest BCUT2D eigenvalue weighted by Gasteiger charge is -2.13. The van der Waals surface area contributed by atoms with Gasteiger partial charge in [0.1, 0.15) is 5.82 Å². The molecule has 2 aromatic carbocycles. The summed E-state index contributed by atoms with van der Waals surface area (Å²) in [4.78, 5) is 24.4. The first-order valence-electron chi connectivity index (χ1n) is 7.04. The van der Waals surface area contributed by atoms with Gasteiger partial charge in [-0.1, -0.05) is 28.1 Å². The highest BCUT2D eigenvalue weighted by Crippen LogP contribution is 2.19. The molecule has 2 aromatic rings. The van der Waals surface area contributed by atoms with Crippen LogP contribution in [-0.2, 0) is 0 Å². The lowest BCUT2D eigenvalue weighted by molar-refractivity contribution is 0.0944. The van der Waals surface area contributed by atoms with Gasteiger partial charge in [-0.3, -0.25) is 9.59 Å². The maximum Gasteiger partial charge on any atom is 0.258 e. The smallest absolute Gasteiger partial charge is 0.258 e. The van der Waals surface area contributed by atoms with Gasteiger partial charge in [0.2, 0.25) is 0 Å². The summed E-state index contributed by atoms with van der Waals surface area (Å²) >= 11 is 3.14. The second-order valence-corrected chi connectivity index (χ2v) is 6.17. The molecular formula is C17H16BrFN2O2. The van der Waals surface area contributed by atoms with E-state index in [4.69, 9.17) is 0 Å². The van der Waals surface area contributed by atoms with Gasteiger partial charge >= 0.3 is 0 Å². The molecule has 0 aliphatic rings. The van der Waals surface area contributed by atoms with Crippen LogP contribution in [0.25, 0.3) is 0 Å². The van der Waals surface area contributed by atoms with Gasteiger partial charge in [0.05, 0.1) is 16.8 Å². The Bertz CT molecular complexity index is 747. The highest BCUT2D eigenvalue weighted by Gasteiger charge is 2.16. The molecule has 2 amide bonds. The van der Waals surface area contributed by atoms with Crippen molar-refractivity contribution < 1.29 is 14.0 Å². The van der Waals surface area contributed by atoms with Gasteiger partial charge in [-0.15, -0.1) is 0 Å². The van der Waals surface area contributed by atoms with E-state index in [1.807, 2.05) is 13.8 Å². The summed E-state index contributed by atoms with van der Waals surface area (Å²) in [6.07, 6.45) is 0. The molecule has 0 spiro atoms. The first-order valence-corrected chi connectivity index (χ1v) is 7.84. The maximum absolute atomic E-state index is 13.9. The molecule has 0 radical (unpaired) electrons. The zero-order valence-corrected chi connectivity index (χ0v) is 14.3. The number of hydrogen-bond donors (Lipinski definition) is 2. The Kier molecular flexibility index (Phi) is 5.50. The van der Waals surface area contributed by atoms with Crippen molar-refractivity contribution in [3.05, 3.63) is 63.9 Å². The molecule has 0 unspecified atom stereocenters. The molecule has 120 valence electrons. The van der Waals surface area contributed by atoms with Crippen molar-refractivity contribution >= 4 is 33.4 Å². The first-order chi connectivity index (χ1) is 10.9. The van der Waals surface area contributed by atoms with Gasteiger partial charge in [0, 0.05) is 10.5 Å². The summed E-state index contributed by atoms with van der Waals surface area (Å²) in [6, 6.07) is 10.7. The summed E-state index contributed by atoms with van der Waals surface area (Å²) < 4.78 is 14.4. The summed E-state index contributed by atoms with van der Waals surface area (Å²) in [6.45, 7) is 3.69. The van der Waals surface area contributed by atoms with E-state index in [-0.39, 0.29) is 17.5 Å². The highest BCUT2D eigenvalue weighted by molar-refractivity contribution is 9.10. The fraction of sp³-hybridized carbons (Fsp3) is 0.176. The predicted molar refractivity (Wildman–Crippen MR) is 91.1 cm³/mol. The molecule has 4 nitrogen and oxygen atoms in total. The Morgan fingerprint density at radius 1 is 1.04 bits per heavy atom. The Hall–Kier alpha value is -2.21. The minimum absolute atomic E-state index is 0.0322. The van der Waals surface area contributed by atoms with E-state index in [1.54, 1.807) is 30.3 Å². The normalized spacial score (nSPS) is 10.5. The van der Waals surface area contributed by atoms with Crippen LogP contribution in [0.15, 0.2) is 46.9 Å². The van der Waals surface area contributed by atoms with E-state index in [1.165, 1.54) is 12.1 Å². The topological polar surface area (TPSA) is 58.2 Å². The third-order valence-corrected chi connectivity index (χ3v) is 3.51. The van der Waals surface area contributed by atoms with E-state index in [9.17, 15) is 14.0 Å². The van der Waals surface area contributed by atoms with Crippen molar-refractivity contribution in [3.63, 3.8) is 0 Å². The quantitative estimate of drug-likeness (QED) is 0.845. The Morgan fingerprint density at radius 2 is 1.74 bits per heavy atom. The summed E-state index contributed by atoms with van der Waals surface area (Å²) in [7, 11) is 0. The Balaban J connectivity index is 2.26. The monoisotopic (exact) mass is 378 g/mol. The second kappa shape index (κ2) is 7.37. The van der Waals surface area contributed by atoms with Crippen LogP contribution >= 0.6 is 15.9 Å². The second-order valence-electron chi connectivity index (χ2n) is 5.25. The predicted octanol–water partition coefficient (Wildman–Crippen LogP) is 3.98. The molecule has 0 aliphatic carbocycles. The number of rotatable bonds is 4. The molecule has 2 N–H and O–H groups in total. The number of hydrogen-bond acceptors (Lipinski definition) is 2. The fourth-order valence-electron chi connectivity index (χ4n) is 1.99. The largest absolute Gasteiger partial charge is 0.350 e. The SMILES string of the molecule is CC(C)NC(=O)c1ccccc1NC(=O)c1ccc(Br)cc1F. The average Bonchev–Trinajstić information content (AvgIpc) is 2.46. The van der Waals surface area contributed by atoms with Crippen LogP contribution in [0, 0.1) is 5.82 Å². The molecule has 0 atom stereocenters. The van der Waals surface area contributed by atoms with Gasteiger partial charge in [0.15, 0.2) is 0 Å². The zero-order chi connectivity index (χ0) is 17.0. The van der Waals surface area contributed by atoms with E-state index in [2.05, 4.69) is 26.6 Å². The zero-order valence-electron chi connectivity index (χ0n) is 12.7. The maximum atomic E-state index is 13.9. The summed E-state index contributed by atoms with van der Waals surface area (Å²) in [5.74, 6) is -1.55. The van der Waals surface area contributed by atoms with E-state index in [0.717, 1.165) is 0 Å². The lowest BCUT2D eigenvalue weighted by atomic mass is 10.1. The molecule has 0 heterocycles.